The molecular weight excluding hydrogens is 420 g/mol. The highest BCUT2D eigenvalue weighted by Crippen LogP contribution is 2.29. The maximum atomic E-state index is 13.0. The van der Waals surface area contributed by atoms with Gasteiger partial charge in [-0.15, -0.1) is 0 Å². The lowest BCUT2D eigenvalue weighted by molar-refractivity contribution is -0.125. The first-order chi connectivity index (χ1) is 13.5. The molecule has 1 heterocycles. The molecule has 0 bridgehead atoms. The standard InChI is InChI=1S/C21H31ClN2O3S.2CH4/c22-18-10-6-12-20(16-18)28(26,27)24-15-7-11-19(24)13-14-23-21(25)17-8-4-2-1-3-5-9-17;;/h6,10,12,16-17,19H,1-5,7-9,11,13-15H2,(H,23,25);2*1H4. The Hall–Kier alpha value is -1.11. The topological polar surface area (TPSA) is 66.5 Å². The van der Waals surface area contributed by atoms with Gasteiger partial charge in [-0.05, 0) is 50.3 Å². The molecule has 1 aromatic carbocycles. The molecule has 1 aliphatic heterocycles. The lowest BCUT2D eigenvalue weighted by Gasteiger charge is -2.25. The predicted octanol–water partition coefficient (Wildman–Crippen LogP) is 5.63. The van der Waals surface area contributed by atoms with Gasteiger partial charge >= 0.3 is 0 Å². The summed E-state index contributed by atoms with van der Waals surface area (Å²) in [4.78, 5) is 12.8. The van der Waals surface area contributed by atoms with Gasteiger partial charge in [0.2, 0.25) is 15.9 Å². The van der Waals surface area contributed by atoms with Crippen LogP contribution in [0.15, 0.2) is 29.2 Å². The maximum Gasteiger partial charge on any atom is 0.243 e. The minimum Gasteiger partial charge on any atom is -0.356 e. The van der Waals surface area contributed by atoms with Crippen molar-refractivity contribution in [2.24, 2.45) is 5.92 Å². The van der Waals surface area contributed by atoms with Gasteiger partial charge in [-0.3, -0.25) is 4.79 Å². The molecule has 1 atom stereocenters. The molecule has 1 amide bonds. The van der Waals surface area contributed by atoms with Crippen LogP contribution in [0.25, 0.3) is 0 Å². The molecule has 1 saturated heterocycles. The van der Waals surface area contributed by atoms with E-state index in [2.05, 4.69) is 5.32 Å². The van der Waals surface area contributed by atoms with E-state index in [-0.39, 0.29) is 37.6 Å². The van der Waals surface area contributed by atoms with E-state index in [1.54, 1.807) is 22.5 Å². The minimum atomic E-state index is -3.55. The van der Waals surface area contributed by atoms with Gasteiger partial charge in [0.1, 0.15) is 0 Å². The van der Waals surface area contributed by atoms with Gasteiger partial charge in [-0.1, -0.05) is 64.6 Å². The van der Waals surface area contributed by atoms with Crippen molar-refractivity contribution in [3.8, 4) is 0 Å². The summed E-state index contributed by atoms with van der Waals surface area (Å²) in [5, 5.41) is 3.49. The van der Waals surface area contributed by atoms with Crippen LogP contribution in [0.4, 0.5) is 0 Å². The van der Waals surface area contributed by atoms with Crippen molar-refractivity contribution in [1.29, 1.82) is 0 Å². The molecule has 0 spiro atoms. The number of halogens is 1. The van der Waals surface area contributed by atoms with Crippen molar-refractivity contribution in [3.05, 3.63) is 29.3 Å². The molecular formula is C23H39ClN2O3S. The zero-order chi connectivity index (χ0) is 20.0. The first kappa shape index (κ1) is 26.9. The van der Waals surface area contributed by atoms with E-state index in [4.69, 9.17) is 11.6 Å². The zero-order valence-electron chi connectivity index (χ0n) is 16.4. The van der Waals surface area contributed by atoms with Crippen molar-refractivity contribution in [3.63, 3.8) is 0 Å². The Morgan fingerprint density at radius 3 is 2.37 bits per heavy atom. The number of hydrogen-bond donors (Lipinski definition) is 1. The van der Waals surface area contributed by atoms with Crippen molar-refractivity contribution >= 4 is 27.5 Å². The summed E-state index contributed by atoms with van der Waals surface area (Å²) >= 11 is 5.98. The maximum absolute atomic E-state index is 13.0. The van der Waals surface area contributed by atoms with Crippen LogP contribution in [0.2, 0.25) is 5.02 Å². The fourth-order valence-corrected chi connectivity index (χ4v) is 6.43. The molecule has 5 nitrogen and oxygen atoms in total. The van der Waals surface area contributed by atoms with E-state index in [0.29, 0.717) is 24.5 Å². The summed E-state index contributed by atoms with van der Waals surface area (Å²) < 4.78 is 27.6. The third kappa shape index (κ3) is 6.96. The molecule has 1 saturated carbocycles. The third-order valence-corrected chi connectivity index (χ3v) is 8.16. The fraction of sp³-hybridized carbons (Fsp3) is 0.696. The summed E-state index contributed by atoms with van der Waals surface area (Å²) in [5.74, 6) is 0.263. The van der Waals surface area contributed by atoms with Crippen LogP contribution in [-0.2, 0) is 14.8 Å². The number of benzene rings is 1. The van der Waals surface area contributed by atoms with Crippen molar-refractivity contribution in [2.75, 3.05) is 13.1 Å². The molecule has 1 N–H and O–H groups in total. The van der Waals surface area contributed by atoms with E-state index in [0.717, 1.165) is 38.5 Å². The van der Waals surface area contributed by atoms with Crippen LogP contribution < -0.4 is 5.32 Å². The number of nitrogens with one attached hydrogen (secondary N) is 1. The summed E-state index contributed by atoms with van der Waals surface area (Å²) in [5.41, 5.74) is 0. The number of nitrogens with zero attached hydrogens (tertiary/aromatic N) is 1. The van der Waals surface area contributed by atoms with Crippen LogP contribution in [-0.4, -0.2) is 37.8 Å². The second kappa shape index (κ2) is 12.7. The van der Waals surface area contributed by atoms with Crippen LogP contribution in [0.5, 0.6) is 0 Å². The first-order valence-corrected chi connectivity index (χ1v) is 12.4. The molecule has 1 aliphatic carbocycles. The highest BCUT2D eigenvalue weighted by Gasteiger charge is 2.35. The van der Waals surface area contributed by atoms with Gasteiger partial charge < -0.3 is 5.32 Å². The van der Waals surface area contributed by atoms with Gasteiger partial charge in [-0.25, -0.2) is 8.42 Å². The lowest BCUT2D eigenvalue weighted by atomic mass is 9.90. The van der Waals surface area contributed by atoms with Crippen LogP contribution in [0.1, 0.15) is 79.1 Å². The van der Waals surface area contributed by atoms with Gasteiger partial charge in [-0.2, -0.15) is 4.31 Å². The number of carbonyl (C=O) groups is 1. The molecule has 172 valence electrons. The minimum absolute atomic E-state index is 0. The van der Waals surface area contributed by atoms with Crippen LogP contribution >= 0.6 is 11.6 Å². The second-order valence-electron chi connectivity index (χ2n) is 7.99. The average Bonchev–Trinajstić information content (AvgIpc) is 3.10. The van der Waals surface area contributed by atoms with E-state index in [1.807, 2.05) is 0 Å². The van der Waals surface area contributed by atoms with E-state index in [9.17, 15) is 13.2 Å². The number of hydrogen-bond acceptors (Lipinski definition) is 3. The van der Waals surface area contributed by atoms with E-state index >= 15 is 0 Å². The quantitative estimate of drug-likeness (QED) is 0.600. The fourth-order valence-electron chi connectivity index (χ4n) is 4.40. The Labute approximate surface area is 188 Å². The summed E-state index contributed by atoms with van der Waals surface area (Å²) in [7, 11) is -3.55. The van der Waals surface area contributed by atoms with Crippen LogP contribution in [0.3, 0.4) is 0 Å². The van der Waals surface area contributed by atoms with Crippen molar-refractivity contribution < 1.29 is 13.2 Å². The van der Waals surface area contributed by atoms with Gasteiger partial charge in [0, 0.05) is 30.1 Å². The van der Waals surface area contributed by atoms with Gasteiger partial charge in [0.15, 0.2) is 0 Å². The Balaban J connectivity index is 0.00000225. The predicted molar refractivity (Wildman–Crippen MR) is 125 cm³/mol. The SMILES string of the molecule is C.C.O=C(NCCC1CCCN1S(=O)(=O)c1cccc(Cl)c1)C1CCCCCCC1. The van der Waals surface area contributed by atoms with Gasteiger partial charge in [0.05, 0.1) is 4.90 Å². The Kier molecular flexibility index (Phi) is 11.4. The first-order valence-electron chi connectivity index (χ1n) is 10.5. The molecule has 3 rings (SSSR count). The number of carbonyl (C=O) groups excluding carboxylic acids is 1. The highest BCUT2D eigenvalue weighted by molar-refractivity contribution is 7.89. The second-order valence-corrected chi connectivity index (χ2v) is 10.3. The van der Waals surface area contributed by atoms with E-state index in [1.165, 1.54) is 25.3 Å². The summed E-state index contributed by atoms with van der Waals surface area (Å²) in [6, 6.07) is 6.36. The summed E-state index contributed by atoms with van der Waals surface area (Å²) in [6.45, 7) is 1.05. The zero-order valence-corrected chi connectivity index (χ0v) is 18.0. The molecule has 2 aliphatic rings. The molecule has 0 aromatic heterocycles. The Morgan fingerprint density at radius 1 is 1.03 bits per heavy atom. The van der Waals surface area contributed by atoms with E-state index < -0.39 is 10.0 Å². The number of rotatable bonds is 6. The largest absolute Gasteiger partial charge is 0.356 e. The normalized spacial score (nSPS) is 21.0. The number of amides is 1. The molecule has 1 aromatic rings. The van der Waals surface area contributed by atoms with Crippen molar-refractivity contribution in [2.45, 2.75) is 90.0 Å². The smallest absolute Gasteiger partial charge is 0.243 e. The molecule has 1 unspecified atom stereocenters. The molecule has 0 radical (unpaired) electrons. The van der Waals surface area contributed by atoms with Crippen molar-refractivity contribution in [1.82, 2.24) is 9.62 Å². The molecule has 7 heteroatoms. The van der Waals surface area contributed by atoms with Crippen LogP contribution in [0, 0.1) is 5.92 Å². The Bertz CT molecular complexity index is 761. The average molecular weight is 459 g/mol. The highest BCUT2D eigenvalue weighted by atomic mass is 35.5. The van der Waals surface area contributed by atoms with Gasteiger partial charge in [0.25, 0.3) is 0 Å². The Morgan fingerprint density at radius 2 is 1.70 bits per heavy atom. The number of sulfonamides is 1. The molecule has 30 heavy (non-hydrogen) atoms. The summed E-state index contributed by atoms with van der Waals surface area (Å²) in [6.07, 6.45) is 10.3. The molecule has 2 fully saturated rings. The third-order valence-electron chi connectivity index (χ3n) is 5.98. The monoisotopic (exact) mass is 458 g/mol. The lowest BCUT2D eigenvalue weighted by Crippen LogP contribution is -2.39.